The first kappa shape index (κ1) is 21.4. The number of esters is 1. The van der Waals surface area contributed by atoms with Crippen LogP contribution in [0.15, 0.2) is 66.9 Å². The Labute approximate surface area is 187 Å². The zero-order valence-corrected chi connectivity index (χ0v) is 18.5. The van der Waals surface area contributed by atoms with E-state index < -0.39 is 12.0 Å². The Morgan fingerprint density at radius 1 is 1.06 bits per heavy atom. The van der Waals surface area contributed by atoms with Crippen molar-refractivity contribution in [2.24, 2.45) is 0 Å². The van der Waals surface area contributed by atoms with E-state index in [4.69, 9.17) is 4.74 Å². The fourth-order valence-electron chi connectivity index (χ4n) is 4.13. The minimum atomic E-state index is -0.788. The topological polar surface area (TPSA) is 76.1 Å². The number of hydrogen-bond acceptors (Lipinski definition) is 3. The molecule has 2 aromatic heterocycles. The minimum Gasteiger partial charge on any atom is -0.467 e. The molecule has 164 valence electrons. The number of benzene rings is 2. The number of hydrogen-bond donors (Lipinski definition) is 2. The number of fused-ring (bicyclic) bond motifs is 1. The van der Waals surface area contributed by atoms with E-state index in [1.165, 1.54) is 7.11 Å². The maximum Gasteiger partial charge on any atom is 0.328 e. The van der Waals surface area contributed by atoms with Crippen LogP contribution in [0.25, 0.3) is 10.9 Å². The number of para-hydroxylation sites is 1. The standard InChI is InChI=1S/C26H27N3O3/c1-17-13-22(18(2)29(17)16-19-9-5-4-6-10-19)25(30)28-24(26(31)32-3)14-20-15-27-23-12-8-7-11-21(20)23/h4-13,15,24,27H,14,16H2,1-3H3,(H,28,30)/t24-/m1/s1. The molecule has 0 saturated carbocycles. The van der Waals surface area contributed by atoms with Crippen molar-refractivity contribution < 1.29 is 14.3 Å². The molecule has 0 aliphatic carbocycles. The molecule has 2 aromatic carbocycles. The summed E-state index contributed by atoms with van der Waals surface area (Å²) in [5, 5.41) is 3.92. The summed E-state index contributed by atoms with van der Waals surface area (Å²) >= 11 is 0. The maximum absolute atomic E-state index is 13.2. The molecule has 4 rings (SSSR count). The molecule has 0 aliphatic rings. The Bertz CT molecular complexity index is 1250. The first-order valence-electron chi connectivity index (χ1n) is 10.6. The van der Waals surface area contributed by atoms with Gasteiger partial charge in [-0.1, -0.05) is 48.5 Å². The van der Waals surface area contributed by atoms with Crippen molar-refractivity contribution in [3.05, 3.63) is 94.9 Å². The number of ether oxygens (including phenoxy) is 1. The Hall–Kier alpha value is -3.80. The smallest absolute Gasteiger partial charge is 0.328 e. The van der Waals surface area contributed by atoms with E-state index in [1.54, 1.807) is 0 Å². The Kier molecular flexibility index (Phi) is 6.12. The van der Waals surface area contributed by atoms with Gasteiger partial charge in [0.05, 0.1) is 12.7 Å². The molecule has 6 nitrogen and oxygen atoms in total. The third-order valence-corrected chi connectivity index (χ3v) is 5.89. The molecule has 0 fully saturated rings. The van der Waals surface area contributed by atoms with Crippen LogP contribution in [-0.2, 0) is 22.5 Å². The molecule has 1 amide bonds. The summed E-state index contributed by atoms with van der Waals surface area (Å²) in [4.78, 5) is 28.9. The van der Waals surface area contributed by atoms with Gasteiger partial charge in [-0.2, -0.15) is 0 Å². The van der Waals surface area contributed by atoms with E-state index in [0.29, 0.717) is 18.5 Å². The van der Waals surface area contributed by atoms with Crippen molar-refractivity contribution >= 4 is 22.8 Å². The Morgan fingerprint density at radius 2 is 1.78 bits per heavy atom. The first-order chi connectivity index (χ1) is 15.5. The van der Waals surface area contributed by atoms with Crippen LogP contribution in [0.5, 0.6) is 0 Å². The summed E-state index contributed by atoms with van der Waals surface area (Å²) in [6.45, 7) is 4.59. The fourth-order valence-corrected chi connectivity index (χ4v) is 4.13. The summed E-state index contributed by atoms with van der Waals surface area (Å²) in [6, 6.07) is 19.1. The number of rotatable bonds is 7. The molecule has 2 heterocycles. The lowest BCUT2D eigenvalue weighted by molar-refractivity contribution is -0.142. The number of aryl methyl sites for hydroxylation is 1. The third-order valence-electron chi connectivity index (χ3n) is 5.89. The largest absolute Gasteiger partial charge is 0.467 e. The molecule has 0 spiro atoms. The molecule has 0 bridgehead atoms. The van der Waals surface area contributed by atoms with E-state index >= 15 is 0 Å². The molecular weight excluding hydrogens is 402 g/mol. The highest BCUT2D eigenvalue weighted by atomic mass is 16.5. The monoisotopic (exact) mass is 429 g/mol. The van der Waals surface area contributed by atoms with Crippen LogP contribution in [0.4, 0.5) is 0 Å². The van der Waals surface area contributed by atoms with Gasteiger partial charge in [0.15, 0.2) is 0 Å². The van der Waals surface area contributed by atoms with Crippen LogP contribution >= 0.6 is 0 Å². The zero-order valence-electron chi connectivity index (χ0n) is 18.5. The average Bonchev–Trinajstić information content (AvgIpc) is 3.34. The SMILES string of the molecule is COC(=O)[C@@H](Cc1c[nH]c2ccccc12)NC(=O)c1cc(C)n(Cc2ccccc2)c1C. The van der Waals surface area contributed by atoms with Crippen molar-refractivity contribution in [2.75, 3.05) is 7.11 Å². The number of amides is 1. The van der Waals surface area contributed by atoms with Gasteiger partial charge in [-0.25, -0.2) is 4.79 Å². The molecule has 0 saturated heterocycles. The number of H-pyrrole nitrogens is 1. The second-order valence-electron chi connectivity index (χ2n) is 7.97. The average molecular weight is 430 g/mol. The fraction of sp³-hybridized carbons (Fsp3) is 0.231. The number of methoxy groups -OCH3 is 1. The van der Waals surface area contributed by atoms with Crippen LogP contribution in [0.2, 0.25) is 0 Å². The normalized spacial score (nSPS) is 12.0. The van der Waals surface area contributed by atoms with Crippen molar-refractivity contribution in [3.63, 3.8) is 0 Å². The third kappa shape index (κ3) is 4.30. The predicted octanol–water partition coefficient (Wildman–Crippen LogP) is 4.15. The minimum absolute atomic E-state index is 0.285. The molecule has 6 heteroatoms. The molecule has 4 aromatic rings. The van der Waals surface area contributed by atoms with Crippen molar-refractivity contribution in [2.45, 2.75) is 32.9 Å². The van der Waals surface area contributed by atoms with E-state index in [1.807, 2.05) is 68.6 Å². The van der Waals surface area contributed by atoms with Gasteiger partial charge in [-0.05, 0) is 37.1 Å². The van der Waals surface area contributed by atoms with Crippen molar-refractivity contribution in [1.29, 1.82) is 0 Å². The summed E-state index contributed by atoms with van der Waals surface area (Å²) in [7, 11) is 1.34. The number of aromatic nitrogens is 2. The molecule has 1 atom stereocenters. The lowest BCUT2D eigenvalue weighted by Crippen LogP contribution is -2.43. The van der Waals surface area contributed by atoms with Gasteiger partial charge in [-0.15, -0.1) is 0 Å². The summed E-state index contributed by atoms with van der Waals surface area (Å²) in [5.41, 5.74) is 5.51. The molecule has 0 radical (unpaired) electrons. The van der Waals surface area contributed by atoms with E-state index in [0.717, 1.165) is 33.4 Å². The number of nitrogens with one attached hydrogen (secondary N) is 2. The van der Waals surface area contributed by atoms with Gasteiger partial charge in [0.25, 0.3) is 5.91 Å². The molecule has 0 aliphatic heterocycles. The Balaban J connectivity index is 1.56. The maximum atomic E-state index is 13.2. The predicted molar refractivity (Wildman–Crippen MR) is 125 cm³/mol. The second kappa shape index (κ2) is 9.14. The van der Waals surface area contributed by atoms with E-state index in [9.17, 15) is 9.59 Å². The van der Waals surface area contributed by atoms with Crippen molar-refractivity contribution in [3.8, 4) is 0 Å². The lowest BCUT2D eigenvalue weighted by Gasteiger charge is -2.16. The second-order valence-corrected chi connectivity index (χ2v) is 7.97. The lowest BCUT2D eigenvalue weighted by atomic mass is 10.0. The molecule has 2 N–H and O–H groups in total. The van der Waals surface area contributed by atoms with Crippen LogP contribution < -0.4 is 5.32 Å². The number of carbonyl (C=O) groups excluding carboxylic acids is 2. The quantitative estimate of drug-likeness (QED) is 0.434. The van der Waals surface area contributed by atoms with Gasteiger partial charge in [0.2, 0.25) is 0 Å². The van der Waals surface area contributed by atoms with E-state index in [2.05, 4.69) is 27.0 Å². The highest BCUT2D eigenvalue weighted by Crippen LogP contribution is 2.21. The first-order valence-corrected chi connectivity index (χ1v) is 10.6. The summed E-state index contributed by atoms with van der Waals surface area (Å²) in [5.74, 6) is -0.755. The molecular formula is C26H27N3O3. The van der Waals surface area contributed by atoms with Gasteiger partial charge in [0.1, 0.15) is 6.04 Å². The zero-order chi connectivity index (χ0) is 22.7. The van der Waals surface area contributed by atoms with Gasteiger partial charge in [0, 0.05) is 41.5 Å². The highest BCUT2D eigenvalue weighted by molar-refractivity contribution is 5.98. The van der Waals surface area contributed by atoms with Crippen LogP contribution in [0, 0.1) is 13.8 Å². The van der Waals surface area contributed by atoms with Crippen LogP contribution in [-0.4, -0.2) is 34.6 Å². The summed E-state index contributed by atoms with van der Waals surface area (Å²) < 4.78 is 7.09. The highest BCUT2D eigenvalue weighted by Gasteiger charge is 2.25. The number of carbonyl (C=O) groups is 2. The van der Waals surface area contributed by atoms with Crippen molar-refractivity contribution in [1.82, 2.24) is 14.9 Å². The Morgan fingerprint density at radius 3 is 2.53 bits per heavy atom. The molecule has 32 heavy (non-hydrogen) atoms. The van der Waals surface area contributed by atoms with Crippen LogP contribution in [0.3, 0.4) is 0 Å². The van der Waals surface area contributed by atoms with Gasteiger partial charge in [-0.3, -0.25) is 4.79 Å². The van der Waals surface area contributed by atoms with Gasteiger partial charge >= 0.3 is 5.97 Å². The van der Waals surface area contributed by atoms with Gasteiger partial charge < -0.3 is 19.6 Å². The van der Waals surface area contributed by atoms with E-state index in [-0.39, 0.29) is 5.91 Å². The van der Waals surface area contributed by atoms with Crippen LogP contribution in [0.1, 0.15) is 32.9 Å². The molecule has 0 unspecified atom stereocenters. The number of aromatic amines is 1. The number of nitrogens with zero attached hydrogens (tertiary/aromatic N) is 1. The summed E-state index contributed by atoms with van der Waals surface area (Å²) in [6.07, 6.45) is 2.21.